The first-order chi connectivity index (χ1) is 15.7. The largest absolute Gasteiger partial charge is 0.397 e. The summed E-state index contributed by atoms with van der Waals surface area (Å²) in [6.07, 6.45) is 1.24. The van der Waals surface area contributed by atoms with E-state index in [-0.39, 0.29) is 30.2 Å². The van der Waals surface area contributed by atoms with Gasteiger partial charge in [-0.2, -0.15) is 0 Å². The number of rotatable bonds is 5. The average molecular weight is 579 g/mol. The van der Waals surface area contributed by atoms with Crippen molar-refractivity contribution in [2.24, 2.45) is 5.73 Å². The van der Waals surface area contributed by atoms with Crippen molar-refractivity contribution in [3.63, 3.8) is 0 Å². The second-order valence-electron chi connectivity index (χ2n) is 8.36. The highest BCUT2D eigenvalue weighted by Crippen LogP contribution is 2.30. The Bertz CT molecular complexity index is 1080. The number of urea groups is 1. The van der Waals surface area contributed by atoms with E-state index in [0.29, 0.717) is 52.7 Å². The van der Waals surface area contributed by atoms with Crippen LogP contribution >= 0.6 is 31.9 Å². The molecule has 1 saturated heterocycles. The van der Waals surface area contributed by atoms with Gasteiger partial charge in [-0.25, -0.2) is 4.79 Å². The van der Waals surface area contributed by atoms with Crippen LogP contribution in [0.5, 0.6) is 0 Å². The molecule has 8 nitrogen and oxygen atoms in total. The first-order valence-corrected chi connectivity index (χ1v) is 12.3. The van der Waals surface area contributed by atoms with E-state index in [2.05, 4.69) is 37.2 Å². The average Bonchev–Trinajstić information content (AvgIpc) is 2.81. The lowest BCUT2D eigenvalue weighted by Gasteiger charge is -2.41. The number of halogens is 2. The van der Waals surface area contributed by atoms with Gasteiger partial charge >= 0.3 is 6.03 Å². The minimum atomic E-state index is -0.922. The number of nitrogens with zero attached hydrogens (tertiary/aromatic N) is 2. The van der Waals surface area contributed by atoms with E-state index >= 15 is 0 Å². The number of nitrogens with one attached hydrogen (secondary N) is 1. The molecule has 10 heteroatoms. The van der Waals surface area contributed by atoms with E-state index in [0.717, 1.165) is 11.3 Å². The van der Waals surface area contributed by atoms with Crippen LogP contribution in [0.15, 0.2) is 45.3 Å². The fourth-order valence-corrected chi connectivity index (χ4v) is 5.49. The van der Waals surface area contributed by atoms with E-state index in [1.807, 2.05) is 29.2 Å². The predicted octanol–water partition coefficient (Wildman–Crippen LogP) is 3.73. The van der Waals surface area contributed by atoms with Crippen molar-refractivity contribution >= 4 is 61.0 Å². The molecule has 2 heterocycles. The Labute approximate surface area is 208 Å². The van der Waals surface area contributed by atoms with Gasteiger partial charge in [0.15, 0.2) is 5.78 Å². The monoisotopic (exact) mass is 577 g/mol. The van der Waals surface area contributed by atoms with Crippen LogP contribution in [0.4, 0.5) is 16.2 Å². The number of amides is 3. The molecular weight excluding hydrogens is 554 g/mol. The van der Waals surface area contributed by atoms with Gasteiger partial charge in [-0.3, -0.25) is 9.59 Å². The maximum absolute atomic E-state index is 12.9. The summed E-state index contributed by atoms with van der Waals surface area (Å²) >= 11 is 6.66. The number of fused-ring (bicyclic) bond motifs is 1. The van der Waals surface area contributed by atoms with Crippen LogP contribution in [0.25, 0.3) is 0 Å². The van der Waals surface area contributed by atoms with Gasteiger partial charge in [0.2, 0.25) is 5.91 Å². The highest BCUT2D eigenvalue weighted by molar-refractivity contribution is 9.11. The number of ketones is 1. The Balaban J connectivity index is 1.33. The SMILES string of the molecule is Nc1c(Br)cc(C(=O)C[C@H](N)C(=O)N2CCC(N3Cc4ccccc4NC3=O)CC2)cc1Br. The van der Waals surface area contributed by atoms with Crippen LogP contribution in [-0.2, 0) is 11.3 Å². The Kier molecular flexibility index (Phi) is 7.06. The molecule has 2 aliphatic rings. The summed E-state index contributed by atoms with van der Waals surface area (Å²) in [4.78, 5) is 41.6. The second-order valence-corrected chi connectivity index (χ2v) is 10.1. The van der Waals surface area contributed by atoms with Crippen LogP contribution in [0, 0.1) is 0 Å². The Morgan fingerprint density at radius 3 is 2.42 bits per heavy atom. The summed E-state index contributed by atoms with van der Waals surface area (Å²) < 4.78 is 1.21. The second kappa shape index (κ2) is 9.82. The maximum Gasteiger partial charge on any atom is 0.322 e. The number of anilines is 2. The number of hydrogen-bond donors (Lipinski definition) is 3. The van der Waals surface area contributed by atoms with Gasteiger partial charge in [-0.05, 0) is 68.5 Å². The number of carbonyl (C=O) groups excluding carboxylic acids is 3. The number of carbonyl (C=O) groups is 3. The van der Waals surface area contributed by atoms with E-state index in [1.165, 1.54) is 0 Å². The van der Waals surface area contributed by atoms with E-state index in [4.69, 9.17) is 11.5 Å². The van der Waals surface area contributed by atoms with Crippen LogP contribution in [-0.4, -0.2) is 52.7 Å². The molecular formula is C23H25Br2N5O3. The van der Waals surface area contributed by atoms with Crippen molar-refractivity contribution < 1.29 is 14.4 Å². The minimum absolute atomic E-state index is 0.0461. The third kappa shape index (κ3) is 5.07. The molecule has 2 aromatic carbocycles. The molecule has 0 radical (unpaired) electrons. The lowest BCUT2D eigenvalue weighted by atomic mass is 9.99. The van der Waals surface area contributed by atoms with Gasteiger partial charge in [-0.1, -0.05) is 18.2 Å². The lowest BCUT2D eigenvalue weighted by molar-refractivity contribution is -0.134. The van der Waals surface area contributed by atoms with Crippen LogP contribution in [0.3, 0.4) is 0 Å². The first kappa shape index (κ1) is 23.7. The van der Waals surface area contributed by atoms with Crippen molar-refractivity contribution in [2.45, 2.75) is 37.9 Å². The molecule has 33 heavy (non-hydrogen) atoms. The molecule has 0 spiro atoms. The normalized spacial score (nSPS) is 17.4. The Hall–Kier alpha value is -2.43. The lowest BCUT2D eigenvalue weighted by Crippen LogP contribution is -2.53. The molecule has 5 N–H and O–H groups in total. The quantitative estimate of drug-likeness (QED) is 0.368. The van der Waals surface area contributed by atoms with E-state index in [1.54, 1.807) is 17.0 Å². The fraction of sp³-hybridized carbons (Fsp3) is 0.348. The Morgan fingerprint density at radius 1 is 1.12 bits per heavy atom. The van der Waals surface area contributed by atoms with Gasteiger partial charge < -0.3 is 26.6 Å². The molecule has 2 aromatic rings. The van der Waals surface area contributed by atoms with E-state index in [9.17, 15) is 14.4 Å². The van der Waals surface area contributed by atoms with Crippen molar-refractivity contribution in [2.75, 3.05) is 24.1 Å². The highest BCUT2D eigenvalue weighted by atomic mass is 79.9. The van der Waals surface area contributed by atoms with Gasteiger partial charge in [0.1, 0.15) is 0 Å². The summed E-state index contributed by atoms with van der Waals surface area (Å²) in [5.74, 6) is -0.473. The van der Waals surface area contributed by atoms with Crippen molar-refractivity contribution in [1.82, 2.24) is 9.80 Å². The third-order valence-electron chi connectivity index (χ3n) is 6.20. The van der Waals surface area contributed by atoms with Gasteiger partial charge in [0, 0.05) is 52.3 Å². The molecule has 0 bridgehead atoms. The number of nitrogen functional groups attached to an aromatic ring is 1. The number of hydrogen-bond acceptors (Lipinski definition) is 5. The molecule has 174 valence electrons. The molecule has 0 saturated carbocycles. The smallest absolute Gasteiger partial charge is 0.322 e. The van der Waals surface area contributed by atoms with E-state index < -0.39 is 6.04 Å². The molecule has 1 fully saturated rings. The van der Waals surface area contributed by atoms with Crippen molar-refractivity contribution in [1.29, 1.82) is 0 Å². The molecule has 0 aromatic heterocycles. The van der Waals surface area contributed by atoms with Crippen LogP contribution in [0.2, 0.25) is 0 Å². The maximum atomic E-state index is 12.9. The zero-order valence-electron chi connectivity index (χ0n) is 17.9. The topological polar surface area (TPSA) is 122 Å². The molecule has 1 atom stereocenters. The standard InChI is InChI=1S/C23H25Br2N5O3/c24-16-9-14(10-17(25)21(16)27)20(31)11-18(26)22(32)29-7-5-15(6-8-29)30-12-13-3-1-2-4-19(13)28-23(30)33/h1-4,9-10,15,18H,5-8,11-12,26-27H2,(H,28,33)/t18-/m0/s1. The summed E-state index contributed by atoms with van der Waals surface area (Å²) in [5.41, 5.74) is 14.8. The first-order valence-electron chi connectivity index (χ1n) is 10.7. The summed E-state index contributed by atoms with van der Waals surface area (Å²) in [6.45, 7) is 1.55. The molecule has 2 aliphatic heterocycles. The highest BCUT2D eigenvalue weighted by Gasteiger charge is 2.34. The van der Waals surface area contributed by atoms with Crippen LogP contribution in [0.1, 0.15) is 35.2 Å². The predicted molar refractivity (Wildman–Crippen MR) is 134 cm³/mol. The number of para-hydroxylation sites is 1. The number of piperidine rings is 1. The van der Waals surface area contributed by atoms with Gasteiger partial charge in [0.25, 0.3) is 0 Å². The minimum Gasteiger partial charge on any atom is -0.397 e. The number of benzene rings is 2. The molecule has 3 amide bonds. The van der Waals surface area contributed by atoms with Crippen molar-refractivity contribution in [3.05, 3.63) is 56.5 Å². The summed E-state index contributed by atoms with van der Waals surface area (Å²) in [7, 11) is 0. The van der Waals surface area contributed by atoms with Crippen molar-refractivity contribution in [3.8, 4) is 0 Å². The zero-order valence-corrected chi connectivity index (χ0v) is 21.1. The van der Waals surface area contributed by atoms with Gasteiger partial charge in [-0.15, -0.1) is 0 Å². The molecule has 4 rings (SSSR count). The van der Waals surface area contributed by atoms with Gasteiger partial charge in [0.05, 0.1) is 11.7 Å². The summed E-state index contributed by atoms with van der Waals surface area (Å²) in [5, 5.41) is 2.94. The number of likely N-dealkylation sites (tertiary alicyclic amines) is 1. The number of nitrogens with two attached hydrogens (primary N) is 2. The number of Topliss-reactive ketones (excluding diaryl/α,β-unsaturated/α-hetero) is 1. The molecule has 0 aliphatic carbocycles. The Morgan fingerprint density at radius 2 is 1.76 bits per heavy atom. The third-order valence-corrected chi connectivity index (χ3v) is 7.51. The summed E-state index contributed by atoms with van der Waals surface area (Å²) in [6, 6.07) is 10.0. The van der Waals surface area contributed by atoms with Crippen LogP contribution < -0.4 is 16.8 Å². The zero-order chi connectivity index (χ0) is 23.7. The molecule has 0 unspecified atom stereocenters. The fourth-order valence-electron chi connectivity index (χ4n) is 4.30.